The largest absolute Gasteiger partial charge is 0.494 e. The molecule has 0 aliphatic carbocycles. The third kappa shape index (κ3) is 5.80. The predicted molar refractivity (Wildman–Crippen MR) is 120 cm³/mol. The topological polar surface area (TPSA) is 101 Å². The summed E-state index contributed by atoms with van der Waals surface area (Å²) < 4.78 is 34.3. The van der Waals surface area contributed by atoms with Crippen LogP contribution in [0.2, 0.25) is 0 Å². The van der Waals surface area contributed by atoms with Crippen molar-refractivity contribution in [1.29, 1.82) is 0 Å². The van der Waals surface area contributed by atoms with Crippen molar-refractivity contribution in [1.82, 2.24) is 25.4 Å². The Hall–Kier alpha value is -3.60. The molecule has 33 heavy (non-hydrogen) atoms. The maximum absolute atomic E-state index is 13.6. The summed E-state index contributed by atoms with van der Waals surface area (Å²) in [7, 11) is 1.38. The van der Waals surface area contributed by atoms with Crippen molar-refractivity contribution in [3.8, 4) is 17.1 Å². The number of aromatic nitrogens is 3. The number of likely N-dealkylation sites (N-methyl/N-ethyl adjacent to an activating group) is 1. The van der Waals surface area contributed by atoms with E-state index in [4.69, 9.17) is 17.0 Å². The molecule has 1 atom stereocenters. The molecule has 0 spiro atoms. The van der Waals surface area contributed by atoms with Crippen LogP contribution in [-0.4, -0.2) is 40.2 Å². The lowest BCUT2D eigenvalue weighted by Gasteiger charge is -2.18. The average molecular weight is 476 g/mol. The minimum absolute atomic E-state index is 0.0327. The maximum Gasteiger partial charge on any atom is 0.246 e. The predicted octanol–water partition coefficient (Wildman–Crippen LogP) is 3.28. The van der Waals surface area contributed by atoms with Crippen molar-refractivity contribution in [2.75, 3.05) is 13.7 Å². The minimum Gasteiger partial charge on any atom is -0.494 e. The van der Waals surface area contributed by atoms with Crippen molar-refractivity contribution >= 4 is 24.0 Å². The zero-order valence-corrected chi connectivity index (χ0v) is 18.8. The Bertz CT molecular complexity index is 1190. The number of amides is 2. The fourth-order valence-electron chi connectivity index (χ4n) is 3.20. The summed E-state index contributed by atoms with van der Waals surface area (Å²) >= 11 is 5.29. The van der Waals surface area contributed by atoms with Crippen LogP contribution < -0.4 is 15.4 Å². The standard InChI is InChI=1S/C22H23F2N5O3S/c1-3-32-15-7-4-13(5-8-15)20-27-28-22(33)29(20)11-10-18(30)26-19(21(31)25-2)14-6-9-16(23)17(24)12-14/h4-9,12,19H,3,10-11H2,1-2H3,(H,25,31)(H,26,30)(H,28,33). The second-order valence-electron chi connectivity index (χ2n) is 7.00. The Kier molecular flexibility index (Phi) is 7.88. The lowest BCUT2D eigenvalue weighted by Crippen LogP contribution is -2.39. The SMILES string of the molecule is CCOc1ccc(-c2n[nH]c(=S)n2CCC(=O)NC(C(=O)NC)c2ccc(F)c(F)c2)cc1. The van der Waals surface area contributed by atoms with Gasteiger partial charge >= 0.3 is 0 Å². The van der Waals surface area contributed by atoms with Crippen LogP contribution in [0.4, 0.5) is 8.78 Å². The van der Waals surface area contributed by atoms with Crippen LogP contribution in [0.25, 0.3) is 11.4 Å². The highest BCUT2D eigenvalue weighted by Gasteiger charge is 2.23. The molecule has 2 aromatic carbocycles. The number of aromatic amines is 1. The molecule has 0 saturated carbocycles. The first-order chi connectivity index (χ1) is 15.8. The van der Waals surface area contributed by atoms with Crippen LogP contribution in [0.3, 0.4) is 0 Å². The molecule has 8 nitrogen and oxygen atoms in total. The van der Waals surface area contributed by atoms with Crippen LogP contribution in [-0.2, 0) is 16.1 Å². The molecule has 174 valence electrons. The van der Waals surface area contributed by atoms with E-state index in [0.29, 0.717) is 17.2 Å². The molecule has 1 aromatic heterocycles. The van der Waals surface area contributed by atoms with E-state index >= 15 is 0 Å². The lowest BCUT2D eigenvalue weighted by atomic mass is 10.1. The number of halogens is 2. The van der Waals surface area contributed by atoms with Gasteiger partial charge in [-0.2, -0.15) is 5.10 Å². The number of ether oxygens (including phenoxy) is 1. The summed E-state index contributed by atoms with van der Waals surface area (Å²) in [5, 5.41) is 11.9. The van der Waals surface area contributed by atoms with Crippen LogP contribution in [0, 0.1) is 16.4 Å². The number of H-pyrrole nitrogens is 1. The summed E-state index contributed by atoms with van der Waals surface area (Å²) in [6, 6.07) is 9.13. The smallest absolute Gasteiger partial charge is 0.246 e. The van der Waals surface area contributed by atoms with Crippen molar-refractivity contribution in [2.45, 2.75) is 25.9 Å². The first-order valence-corrected chi connectivity index (χ1v) is 10.6. The number of hydrogen-bond donors (Lipinski definition) is 3. The number of carbonyl (C=O) groups excluding carboxylic acids is 2. The second kappa shape index (κ2) is 10.8. The molecule has 3 rings (SSSR count). The fourth-order valence-corrected chi connectivity index (χ4v) is 3.42. The molecule has 11 heteroatoms. The molecular weight excluding hydrogens is 452 g/mol. The summed E-state index contributed by atoms with van der Waals surface area (Å²) in [4.78, 5) is 24.9. The van der Waals surface area contributed by atoms with Gasteiger partial charge in [-0.1, -0.05) is 6.07 Å². The zero-order chi connectivity index (χ0) is 24.0. The van der Waals surface area contributed by atoms with Gasteiger partial charge in [0.05, 0.1) is 6.61 Å². The second-order valence-corrected chi connectivity index (χ2v) is 7.39. The van der Waals surface area contributed by atoms with Crippen LogP contribution in [0.5, 0.6) is 5.75 Å². The van der Waals surface area contributed by atoms with Gasteiger partial charge in [-0.3, -0.25) is 19.3 Å². The number of nitrogens with one attached hydrogen (secondary N) is 3. The van der Waals surface area contributed by atoms with Gasteiger partial charge in [0.15, 0.2) is 22.2 Å². The van der Waals surface area contributed by atoms with Crippen LogP contribution in [0.15, 0.2) is 42.5 Å². The number of benzene rings is 2. The molecule has 3 N–H and O–H groups in total. The quantitative estimate of drug-likeness (QED) is 0.413. The first kappa shape index (κ1) is 24.1. The van der Waals surface area contributed by atoms with E-state index < -0.39 is 29.5 Å². The van der Waals surface area contributed by atoms with Gasteiger partial charge in [0.1, 0.15) is 11.8 Å². The van der Waals surface area contributed by atoms with Crippen molar-refractivity contribution < 1.29 is 23.1 Å². The Balaban J connectivity index is 1.73. The molecule has 3 aromatic rings. The van der Waals surface area contributed by atoms with Gasteiger partial charge in [-0.25, -0.2) is 8.78 Å². The van der Waals surface area contributed by atoms with E-state index in [0.717, 1.165) is 23.4 Å². The van der Waals surface area contributed by atoms with E-state index in [1.165, 1.54) is 13.1 Å². The monoisotopic (exact) mass is 475 g/mol. The van der Waals surface area contributed by atoms with Crippen LogP contribution in [0.1, 0.15) is 24.9 Å². The van der Waals surface area contributed by atoms with Crippen molar-refractivity contribution in [3.05, 3.63) is 64.4 Å². The van der Waals surface area contributed by atoms with Crippen molar-refractivity contribution in [3.63, 3.8) is 0 Å². The third-order valence-corrected chi connectivity index (χ3v) is 5.15. The van der Waals surface area contributed by atoms with E-state index in [2.05, 4.69) is 20.8 Å². The Morgan fingerprint density at radius 3 is 2.55 bits per heavy atom. The van der Waals surface area contributed by atoms with E-state index in [1.54, 1.807) is 4.57 Å². The molecule has 0 aliphatic rings. The summed E-state index contributed by atoms with van der Waals surface area (Å²) in [6.45, 7) is 2.63. The molecule has 0 saturated heterocycles. The van der Waals surface area contributed by atoms with Gasteiger partial charge < -0.3 is 15.4 Å². The number of hydrogen-bond acceptors (Lipinski definition) is 5. The third-order valence-electron chi connectivity index (χ3n) is 4.84. The number of rotatable bonds is 9. The Morgan fingerprint density at radius 2 is 1.91 bits per heavy atom. The first-order valence-electron chi connectivity index (χ1n) is 10.2. The fraction of sp³-hybridized carbons (Fsp3) is 0.273. The van der Waals surface area contributed by atoms with Crippen LogP contribution >= 0.6 is 12.2 Å². The Labute approximate surface area is 194 Å². The van der Waals surface area contributed by atoms with Gasteiger partial charge in [-0.15, -0.1) is 0 Å². The normalized spacial score (nSPS) is 11.6. The Morgan fingerprint density at radius 1 is 1.18 bits per heavy atom. The number of carbonyl (C=O) groups is 2. The molecule has 2 amide bonds. The highest BCUT2D eigenvalue weighted by atomic mass is 32.1. The van der Waals surface area contributed by atoms with Gasteiger partial charge in [0.2, 0.25) is 11.8 Å². The minimum atomic E-state index is -1.18. The molecule has 0 bridgehead atoms. The highest BCUT2D eigenvalue weighted by molar-refractivity contribution is 7.71. The van der Waals surface area contributed by atoms with E-state index in [9.17, 15) is 18.4 Å². The molecule has 1 heterocycles. The van der Waals surface area contributed by atoms with Gasteiger partial charge in [0, 0.05) is 25.6 Å². The molecule has 0 radical (unpaired) electrons. The van der Waals surface area contributed by atoms with E-state index in [-0.39, 0.29) is 18.5 Å². The summed E-state index contributed by atoms with van der Waals surface area (Å²) in [5.41, 5.74) is 0.896. The molecular formula is C22H23F2N5O3S. The highest BCUT2D eigenvalue weighted by Crippen LogP contribution is 2.22. The molecule has 1 unspecified atom stereocenters. The summed E-state index contributed by atoms with van der Waals surface area (Å²) in [5.74, 6) is -1.94. The maximum atomic E-state index is 13.6. The van der Waals surface area contributed by atoms with Crippen molar-refractivity contribution in [2.24, 2.45) is 0 Å². The molecule has 0 fully saturated rings. The number of nitrogens with zero attached hydrogens (tertiary/aromatic N) is 2. The average Bonchev–Trinajstić information content (AvgIpc) is 3.18. The van der Waals surface area contributed by atoms with E-state index in [1.807, 2.05) is 31.2 Å². The summed E-state index contributed by atoms with van der Waals surface area (Å²) in [6.07, 6.45) is -0.0327. The molecule has 0 aliphatic heterocycles. The van der Waals surface area contributed by atoms with Gasteiger partial charge in [-0.05, 0) is 61.1 Å². The van der Waals surface area contributed by atoms with Gasteiger partial charge in [0.25, 0.3) is 0 Å². The lowest BCUT2D eigenvalue weighted by molar-refractivity contribution is -0.129. The zero-order valence-electron chi connectivity index (χ0n) is 18.0.